The molecule has 1 aromatic heterocycles. The van der Waals surface area contributed by atoms with Crippen LogP contribution in [-0.4, -0.2) is 10.9 Å². The highest BCUT2D eigenvalue weighted by Crippen LogP contribution is 2.20. The van der Waals surface area contributed by atoms with Crippen LogP contribution in [0.1, 0.15) is 23.0 Å². The Morgan fingerprint density at radius 2 is 2.15 bits per heavy atom. The Labute approximate surface area is 124 Å². The van der Waals surface area contributed by atoms with E-state index in [1.165, 1.54) is 24.3 Å². The van der Waals surface area contributed by atoms with Gasteiger partial charge in [0.25, 0.3) is 5.91 Å². The highest BCUT2D eigenvalue weighted by atomic mass is 79.9. The Balaban J connectivity index is 2.23. The molecule has 1 heterocycles. The van der Waals surface area contributed by atoms with Gasteiger partial charge in [0.15, 0.2) is 0 Å². The van der Waals surface area contributed by atoms with E-state index in [9.17, 15) is 9.18 Å². The Morgan fingerprint density at radius 1 is 1.40 bits per heavy atom. The number of hydrogen-bond acceptors (Lipinski definition) is 3. The molecular formula is C14H13BrFN3O. The zero-order valence-electron chi connectivity index (χ0n) is 10.8. The van der Waals surface area contributed by atoms with Gasteiger partial charge < -0.3 is 11.1 Å². The number of anilines is 2. The predicted molar refractivity (Wildman–Crippen MR) is 80.1 cm³/mol. The SMILES string of the molecule is CCc1cc(C(=O)Nc2ccc(F)c(Br)c2)cc(N)n1. The van der Waals surface area contributed by atoms with Crippen molar-refractivity contribution in [3.63, 3.8) is 0 Å². The third-order valence-electron chi connectivity index (χ3n) is 2.70. The minimum Gasteiger partial charge on any atom is -0.384 e. The highest BCUT2D eigenvalue weighted by Gasteiger charge is 2.10. The van der Waals surface area contributed by atoms with Crippen molar-refractivity contribution < 1.29 is 9.18 Å². The van der Waals surface area contributed by atoms with Crippen LogP contribution in [-0.2, 0) is 6.42 Å². The van der Waals surface area contributed by atoms with Gasteiger partial charge in [0, 0.05) is 16.9 Å². The van der Waals surface area contributed by atoms with E-state index >= 15 is 0 Å². The van der Waals surface area contributed by atoms with Crippen LogP contribution in [0.4, 0.5) is 15.9 Å². The van der Waals surface area contributed by atoms with Gasteiger partial charge in [-0.05, 0) is 52.7 Å². The van der Waals surface area contributed by atoms with Crippen LogP contribution in [0.25, 0.3) is 0 Å². The van der Waals surface area contributed by atoms with Crippen LogP contribution in [0.3, 0.4) is 0 Å². The molecule has 0 spiro atoms. The maximum absolute atomic E-state index is 13.1. The standard InChI is InChI=1S/C14H13BrFN3O/c1-2-9-5-8(6-13(17)18-9)14(20)19-10-3-4-12(16)11(15)7-10/h3-7H,2H2,1H3,(H2,17,18)(H,19,20). The zero-order valence-corrected chi connectivity index (χ0v) is 12.4. The molecule has 0 aliphatic heterocycles. The number of pyridine rings is 1. The van der Waals surface area contributed by atoms with Crippen LogP contribution in [0.2, 0.25) is 0 Å². The summed E-state index contributed by atoms with van der Waals surface area (Å²) in [6.07, 6.45) is 0.688. The largest absolute Gasteiger partial charge is 0.384 e. The topological polar surface area (TPSA) is 68.0 Å². The summed E-state index contributed by atoms with van der Waals surface area (Å²) >= 11 is 3.07. The molecule has 1 amide bonds. The number of rotatable bonds is 3. The van der Waals surface area contributed by atoms with Gasteiger partial charge in [-0.25, -0.2) is 9.37 Å². The average Bonchev–Trinajstić information content (AvgIpc) is 2.42. The predicted octanol–water partition coefficient (Wildman–Crippen LogP) is 3.38. The van der Waals surface area contributed by atoms with Crippen LogP contribution in [0, 0.1) is 5.82 Å². The molecule has 0 fully saturated rings. The number of amides is 1. The first kappa shape index (κ1) is 14.5. The molecule has 4 nitrogen and oxygen atoms in total. The molecule has 0 radical (unpaired) electrons. The Morgan fingerprint density at radius 3 is 2.80 bits per heavy atom. The number of halogens is 2. The molecule has 6 heteroatoms. The summed E-state index contributed by atoms with van der Waals surface area (Å²) in [7, 11) is 0. The van der Waals surface area contributed by atoms with Gasteiger partial charge in [-0.2, -0.15) is 0 Å². The molecule has 0 aliphatic carbocycles. The number of hydrogen-bond donors (Lipinski definition) is 2. The van der Waals surface area contributed by atoms with E-state index in [0.717, 1.165) is 5.69 Å². The number of nitrogens with two attached hydrogens (primary N) is 1. The van der Waals surface area contributed by atoms with E-state index in [1.807, 2.05) is 6.92 Å². The fourth-order valence-corrected chi connectivity index (χ4v) is 2.08. The van der Waals surface area contributed by atoms with Crippen molar-refractivity contribution in [3.8, 4) is 0 Å². The van der Waals surface area contributed by atoms with Crippen LogP contribution in [0.15, 0.2) is 34.8 Å². The number of carbonyl (C=O) groups is 1. The molecule has 0 saturated heterocycles. The van der Waals surface area contributed by atoms with E-state index in [-0.39, 0.29) is 11.7 Å². The molecule has 104 valence electrons. The lowest BCUT2D eigenvalue weighted by molar-refractivity contribution is 0.102. The van der Waals surface area contributed by atoms with Crippen molar-refractivity contribution in [2.75, 3.05) is 11.1 Å². The van der Waals surface area contributed by atoms with E-state index in [4.69, 9.17) is 5.73 Å². The quantitative estimate of drug-likeness (QED) is 0.902. The number of benzene rings is 1. The van der Waals surface area contributed by atoms with Crippen LogP contribution >= 0.6 is 15.9 Å². The number of aryl methyl sites for hydroxylation is 1. The molecule has 0 saturated carbocycles. The zero-order chi connectivity index (χ0) is 14.7. The second-order valence-corrected chi connectivity index (χ2v) is 5.06. The minimum atomic E-state index is -0.385. The lowest BCUT2D eigenvalue weighted by atomic mass is 10.1. The Bertz CT molecular complexity index is 661. The van der Waals surface area contributed by atoms with Crippen molar-refractivity contribution in [1.82, 2.24) is 4.98 Å². The van der Waals surface area contributed by atoms with Gasteiger partial charge in [0.05, 0.1) is 4.47 Å². The molecule has 1 aromatic carbocycles. The van der Waals surface area contributed by atoms with Gasteiger partial charge in [-0.1, -0.05) is 6.92 Å². The molecule has 0 bridgehead atoms. The molecule has 0 unspecified atom stereocenters. The summed E-state index contributed by atoms with van der Waals surface area (Å²) in [5.41, 5.74) is 7.33. The Kier molecular flexibility index (Phi) is 4.34. The Hall–Kier alpha value is -1.95. The normalized spacial score (nSPS) is 10.3. The van der Waals surface area contributed by atoms with Crippen LogP contribution in [0.5, 0.6) is 0 Å². The number of carbonyl (C=O) groups excluding carboxylic acids is 1. The van der Waals surface area contributed by atoms with Crippen molar-refractivity contribution >= 4 is 33.3 Å². The first-order chi connectivity index (χ1) is 9.49. The number of nitrogen functional groups attached to an aromatic ring is 1. The fraction of sp³-hybridized carbons (Fsp3) is 0.143. The molecule has 2 rings (SSSR count). The number of aromatic nitrogens is 1. The summed E-state index contributed by atoms with van der Waals surface area (Å²) in [6, 6.07) is 7.46. The smallest absolute Gasteiger partial charge is 0.255 e. The van der Waals surface area contributed by atoms with E-state index in [1.54, 1.807) is 6.07 Å². The van der Waals surface area contributed by atoms with Gasteiger partial charge in [-0.3, -0.25) is 4.79 Å². The molecule has 20 heavy (non-hydrogen) atoms. The van der Waals surface area contributed by atoms with Crippen molar-refractivity contribution in [2.24, 2.45) is 0 Å². The van der Waals surface area contributed by atoms with Gasteiger partial charge >= 0.3 is 0 Å². The first-order valence-corrected chi connectivity index (χ1v) is 6.81. The maximum Gasteiger partial charge on any atom is 0.255 e. The summed E-state index contributed by atoms with van der Waals surface area (Å²) < 4.78 is 13.4. The lowest BCUT2D eigenvalue weighted by Gasteiger charge is -2.08. The van der Waals surface area contributed by atoms with Gasteiger partial charge in [0.1, 0.15) is 11.6 Å². The van der Waals surface area contributed by atoms with Crippen molar-refractivity contribution in [1.29, 1.82) is 0 Å². The van der Waals surface area contributed by atoms with Gasteiger partial charge in [-0.15, -0.1) is 0 Å². The second kappa shape index (κ2) is 6.00. The van der Waals surface area contributed by atoms with Crippen molar-refractivity contribution in [2.45, 2.75) is 13.3 Å². The van der Waals surface area contributed by atoms with E-state index < -0.39 is 0 Å². The minimum absolute atomic E-state index is 0.291. The second-order valence-electron chi connectivity index (χ2n) is 4.21. The third kappa shape index (κ3) is 3.33. The summed E-state index contributed by atoms with van der Waals surface area (Å²) in [4.78, 5) is 16.2. The van der Waals surface area contributed by atoms with E-state index in [2.05, 4.69) is 26.2 Å². The third-order valence-corrected chi connectivity index (χ3v) is 3.31. The van der Waals surface area contributed by atoms with Crippen molar-refractivity contribution in [3.05, 3.63) is 51.9 Å². The summed E-state index contributed by atoms with van der Waals surface area (Å²) in [5.74, 6) is -0.397. The van der Waals surface area contributed by atoms with Crippen LogP contribution < -0.4 is 11.1 Å². The van der Waals surface area contributed by atoms with Gasteiger partial charge in [0.2, 0.25) is 0 Å². The molecular weight excluding hydrogens is 325 g/mol. The summed E-state index contributed by atoms with van der Waals surface area (Å²) in [6.45, 7) is 1.93. The number of nitrogens with zero attached hydrogens (tertiary/aromatic N) is 1. The lowest BCUT2D eigenvalue weighted by Crippen LogP contribution is -2.13. The highest BCUT2D eigenvalue weighted by molar-refractivity contribution is 9.10. The summed E-state index contributed by atoms with van der Waals surface area (Å²) in [5, 5.41) is 2.69. The van der Waals surface area contributed by atoms with E-state index in [0.29, 0.717) is 28.0 Å². The molecule has 2 aromatic rings. The monoisotopic (exact) mass is 337 g/mol. The number of nitrogens with one attached hydrogen (secondary N) is 1. The fourth-order valence-electron chi connectivity index (χ4n) is 1.70. The molecule has 3 N–H and O–H groups in total. The average molecular weight is 338 g/mol. The molecule has 0 aliphatic rings. The first-order valence-electron chi connectivity index (χ1n) is 6.02. The molecule has 0 atom stereocenters. The maximum atomic E-state index is 13.1.